The molecule has 1 aliphatic rings. The van der Waals surface area contributed by atoms with Crippen molar-refractivity contribution in [2.45, 2.75) is 12.5 Å². The van der Waals surface area contributed by atoms with Crippen LogP contribution >= 0.6 is 11.6 Å². The molecular formula is C29H29ClN8O2. The number of hydrogen-bond acceptors (Lipinski definition) is 7. The van der Waals surface area contributed by atoms with E-state index in [2.05, 4.69) is 36.4 Å². The molecule has 1 atom stereocenters. The number of nitrogens with zero attached hydrogens (tertiary/aromatic N) is 5. The Hall–Kier alpha value is -4.54. The van der Waals surface area contributed by atoms with E-state index < -0.39 is 11.9 Å². The summed E-state index contributed by atoms with van der Waals surface area (Å²) in [6.07, 6.45) is 4.77. The molecule has 1 saturated heterocycles. The van der Waals surface area contributed by atoms with Gasteiger partial charge in [0.1, 0.15) is 12.4 Å². The Morgan fingerprint density at radius 2 is 1.80 bits per heavy atom. The third kappa shape index (κ3) is 7.10. The topological polar surface area (TPSA) is 117 Å². The van der Waals surface area contributed by atoms with Gasteiger partial charge in [-0.3, -0.25) is 9.59 Å². The molecule has 40 heavy (non-hydrogen) atoms. The number of rotatable bonds is 9. The van der Waals surface area contributed by atoms with Gasteiger partial charge in [0.25, 0.3) is 0 Å². The molecule has 10 nitrogen and oxygen atoms in total. The summed E-state index contributed by atoms with van der Waals surface area (Å²) >= 11 is 6.19. The molecule has 0 radical (unpaired) electrons. The standard InChI is InChI=1S/C29H29ClN8O2/c30-23-7-12-27(38-20-32-35-36-38)22(19-23)6-13-28(39)34-26(18-21-4-2-1-3-5-21)29(40)33-24-8-10-25(11-9-24)37-16-14-31-15-17-37/h1-13,19-20,26,31H,14-18H2,(H,33,40)(H,34,39). The lowest BCUT2D eigenvalue weighted by Crippen LogP contribution is -2.44. The van der Waals surface area contributed by atoms with Gasteiger partial charge in [0.15, 0.2) is 0 Å². The molecule has 0 spiro atoms. The Labute approximate surface area is 237 Å². The van der Waals surface area contributed by atoms with Gasteiger partial charge >= 0.3 is 0 Å². The summed E-state index contributed by atoms with van der Waals surface area (Å²) < 4.78 is 1.48. The first-order chi connectivity index (χ1) is 19.5. The van der Waals surface area contributed by atoms with Crippen LogP contribution in [0, 0.1) is 0 Å². The highest BCUT2D eigenvalue weighted by Gasteiger charge is 2.21. The Bertz CT molecular complexity index is 1450. The number of anilines is 2. The van der Waals surface area contributed by atoms with Crippen LogP contribution in [0.3, 0.4) is 0 Å². The highest BCUT2D eigenvalue weighted by atomic mass is 35.5. The van der Waals surface area contributed by atoms with Crippen molar-refractivity contribution in [1.29, 1.82) is 0 Å². The Kier molecular flexibility index (Phi) is 8.79. The Morgan fingerprint density at radius 1 is 1.02 bits per heavy atom. The summed E-state index contributed by atoms with van der Waals surface area (Å²) in [4.78, 5) is 28.7. The number of aromatic nitrogens is 4. The SMILES string of the molecule is O=C(C=Cc1cc(Cl)ccc1-n1cnnn1)NC(Cc1ccccc1)C(=O)Nc1ccc(N2CCNCC2)cc1. The molecule has 204 valence electrons. The second kappa shape index (κ2) is 13.0. The van der Waals surface area contributed by atoms with Gasteiger partial charge in [-0.1, -0.05) is 41.9 Å². The monoisotopic (exact) mass is 556 g/mol. The van der Waals surface area contributed by atoms with Crippen molar-refractivity contribution in [1.82, 2.24) is 30.8 Å². The van der Waals surface area contributed by atoms with E-state index >= 15 is 0 Å². The van der Waals surface area contributed by atoms with E-state index in [9.17, 15) is 9.59 Å². The number of tetrazole rings is 1. The van der Waals surface area contributed by atoms with Crippen molar-refractivity contribution < 1.29 is 9.59 Å². The van der Waals surface area contributed by atoms with Gasteiger partial charge < -0.3 is 20.9 Å². The van der Waals surface area contributed by atoms with Crippen LogP contribution in [0.2, 0.25) is 5.02 Å². The fraction of sp³-hybridized carbons (Fsp3) is 0.207. The molecule has 2 amide bonds. The third-order valence-corrected chi connectivity index (χ3v) is 6.77. The summed E-state index contributed by atoms with van der Waals surface area (Å²) in [5.74, 6) is -0.731. The van der Waals surface area contributed by atoms with E-state index in [1.54, 1.807) is 24.3 Å². The van der Waals surface area contributed by atoms with Crippen LogP contribution < -0.4 is 20.9 Å². The van der Waals surface area contributed by atoms with Gasteiger partial charge in [-0.2, -0.15) is 4.68 Å². The zero-order chi connectivity index (χ0) is 27.7. The summed E-state index contributed by atoms with van der Waals surface area (Å²) in [5.41, 5.74) is 4.00. The van der Waals surface area contributed by atoms with E-state index in [0.717, 1.165) is 37.4 Å². The van der Waals surface area contributed by atoms with Crippen molar-refractivity contribution in [3.8, 4) is 5.69 Å². The first-order valence-electron chi connectivity index (χ1n) is 13.0. The van der Waals surface area contributed by atoms with E-state index in [4.69, 9.17) is 11.6 Å². The van der Waals surface area contributed by atoms with E-state index in [1.807, 2.05) is 54.6 Å². The van der Waals surface area contributed by atoms with Crippen LogP contribution in [0.25, 0.3) is 11.8 Å². The van der Waals surface area contributed by atoms with Crippen LogP contribution in [0.5, 0.6) is 0 Å². The zero-order valence-electron chi connectivity index (χ0n) is 21.7. The minimum absolute atomic E-state index is 0.308. The van der Waals surface area contributed by atoms with Crippen molar-refractivity contribution in [3.63, 3.8) is 0 Å². The smallest absolute Gasteiger partial charge is 0.247 e. The number of nitrogens with one attached hydrogen (secondary N) is 3. The molecule has 1 fully saturated rings. The molecule has 1 aromatic heterocycles. The second-order valence-corrected chi connectivity index (χ2v) is 9.75. The summed E-state index contributed by atoms with van der Waals surface area (Å²) in [7, 11) is 0. The fourth-order valence-corrected chi connectivity index (χ4v) is 4.67. The summed E-state index contributed by atoms with van der Waals surface area (Å²) in [6, 6.07) is 21.7. The molecule has 3 N–H and O–H groups in total. The highest BCUT2D eigenvalue weighted by Crippen LogP contribution is 2.21. The number of carbonyl (C=O) groups is 2. The molecule has 3 aromatic carbocycles. The molecule has 2 heterocycles. The van der Waals surface area contributed by atoms with Crippen molar-refractivity contribution in [3.05, 3.63) is 101 Å². The van der Waals surface area contributed by atoms with Crippen molar-refractivity contribution in [2.75, 3.05) is 36.4 Å². The fourth-order valence-electron chi connectivity index (χ4n) is 4.49. The molecule has 0 aliphatic carbocycles. The number of hydrogen-bond donors (Lipinski definition) is 3. The Morgan fingerprint density at radius 3 is 2.52 bits per heavy atom. The van der Waals surface area contributed by atoms with Gasteiger partial charge in [0.2, 0.25) is 11.8 Å². The number of piperazine rings is 1. The summed E-state index contributed by atoms with van der Waals surface area (Å²) in [6.45, 7) is 3.78. The molecule has 11 heteroatoms. The molecule has 4 aromatic rings. The van der Waals surface area contributed by atoms with Crippen LogP contribution in [-0.2, 0) is 16.0 Å². The quantitative estimate of drug-likeness (QED) is 0.271. The van der Waals surface area contributed by atoms with Crippen molar-refractivity contribution in [2.24, 2.45) is 0 Å². The largest absolute Gasteiger partial charge is 0.369 e. The van der Waals surface area contributed by atoms with E-state index in [-0.39, 0.29) is 5.91 Å². The van der Waals surface area contributed by atoms with Gasteiger partial charge in [-0.05, 0) is 64.5 Å². The van der Waals surface area contributed by atoms with Crippen LogP contribution in [-0.4, -0.2) is 64.2 Å². The predicted octanol–water partition coefficient (Wildman–Crippen LogP) is 3.10. The first kappa shape index (κ1) is 27.0. The zero-order valence-corrected chi connectivity index (χ0v) is 22.5. The minimum Gasteiger partial charge on any atom is -0.369 e. The number of amides is 2. The molecule has 0 saturated carbocycles. The van der Waals surface area contributed by atoms with Crippen molar-refractivity contribution >= 4 is 40.9 Å². The average molecular weight is 557 g/mol. The number of carbonyl (C=O) groups excluding carboxylic acids is 2. The van der Waals surface area contributed by atoms with Gasteiger partial charge in [0.05, 0.1) is 5.69 Å². The average Bonchev–Trinajstić information content (AvgIpc) is 3.52. The maximum Gasteiger partial charge on any atom is 0.247 e. The third-order valence-electron chi connectivity index (χ3n) is 6.53. The Balaban J connectivity index is 1.29. The minimum atomic E-state index is -0.800. The molecule has 1 unspecified atom stereocenters. The highest BCUT2D eigenvalue weighted by molar-refractivity contribution is 6.30. The molecule has 1 aliphatic heterocycles. The summed E-state index contributed by atoms with van der Waals surface area (Å²) in [5, 5.41) is 20.9. The molecule has 0 bridgehead atoms. The number of halogens is 1. The van der Waals surface area contributed by atoms with E-state index in [1.165, 1.54) is 17.1 Å². The lowest BCUT2D eigenvalue weighted by molar-refractivity contribution is -0.123. The van der Waals surface area contributed by atoms with Crippen LogP contribution in [0.4, 0.5) is 11.4 Å². The number of benzene rings is 3. The van der Waals surface area contributed by atoms with Gasteiger partial charge in [-0.25, -0.2) is 0 Å². The van der Waals surface area contributed by atoms with E-state index in [0.29, 0.717) is 28.4 Å². The normalized spacial score (nSPS) is 14.2. The lowest BCUT2D eigenvalue weighted by atomic mass is 10.0. The lowest BCUT2D eigenvalue weighted by Gasteiger charge is -2.29. The van der Waals surface area contributed by atoms with Gasteiger partial charge in [-0.15, -0.1) is 5.10 Å². The molecular weight excluding hydrogens is 528 g/mol. The van der Waals surface area contributed by atoms with Crippen LogP contribution in [0.1, 0.15) is 11.1 Å². The maximum absolute atomic E-state index is 13.4. The van der Waals surface area contributed by atoms with Gasteiger partial charge in [0, 0.05) is 60.6 Å². The second-order valence-electron chi connectivity index (χ2n) is 9.31. The maximum atomic E-state index is 13.4. The van der Waals surface area contributed by atoms with Crippen LogP contribution in [0.15, 0.2) is 85.2 Å². The first-order valence-corrected chi connectivity index (χ1v) is 13.3. The molecule has 5 rings (SSSR count). The predicted molar refractivity (Wildman–Crippen MR) is 155 cm³/mol.